The van der Waals surface area contributed by atoms with Crippen LogP contribution in [0.15, 0.2) is 24.3 Å². The molecule has 0 amide bonds. The third kappa shape index (κ3) is 3.61. The lowest BCUT2D eigenvalue weighted by molar-refractivity contribution is -0.383. The number of benzene rings is 1. The van der Waals surface area contributed by atoms with Crippen molar-refractivity contribution < 1.29 is 9.66 Å². The first-order chi connectivity index (χ1) is 12.5. The summed E-state index contributed by atoms with van der Waals surface area (Å²) in [7, 11) is 1.53. The summed E-state index contributed by atoms with van der Waals surface area (Å²) in [4.78, 5) is 21.5. The molecule has 0 spiro atoms. The molecular weight excluding hydrogens is 336 g/mol. The number of nitro groups is 1. The number of aromatic nitrogens is 2. The second kappa shape index (κ2) is 7.42. The van der Waals surface area contributed by atoms with Gasteiger partial charge in [0, 0.05) is 13.1 Å². The van der Waals surface area contributed by atoms with Gasteiger partial charge in [-0.2, -0.15) is 9.97 Å². The van der Waals surface area contributed by atoms with Gasteiger partial charge >= 0.3 is 5.69 Å². The minimum absolute atomic E-state index is 0.0558. The summed E-state index contributed by atoms with van der Waals surface area (Å²) < 4.78 is 5.29. The topological polar surface area (TPSA) is 119 Å². The Balaban J connectivity index is 2.02. The molecule has 1 aromatic heterocycles. The van der Waals surface area contributed by atoms with Gasteiger partial charge in [-0.1, -0.05) is 19.1 Å². The minimum atomic E-state index is -0.574. The largest absolute Gasteiger partial charge is 0.495 e. The average molecular weight is 358 g/mol. The highest BCUT2D eigenvalue weighted by atomic mass is 16.6. The molecule has 1 aromatic carbocycles. The number of rotatable bonds is 5. The van der Waals surface area contributed by atoms with Crippen LogP contribution in [0.2, 0.25) is 0 Å². The molecule has 138 valence electrons. The van der Waals surface area contributed by atoms with Crippen molar-refractivity contribution in [2.24, 2.45) is 5.92 Å². The van der Waals surface area contributed by atoms with Gasteiger partial charge in [0.2, 0.25) is 17.6 Å². The number of hydrogen-bond acceptors (Lipinski definition) is 8. The van der Waals surface area contributed by atoms with Gasteiger partial charge in [0.05, 0.1) is 17.7 Å². The number of nitrogen functional groups attached to an aromatic ring is 1. The lowest BCUT2D eigenvalue weighted by Crippen LogP contribution is -2.35. The molecule has 26 heavy (non-hydrogen) atoms. The quantitative estimate of drug-likeness (QED) is 0.618. The Morgan fingerprint density at radius 2 is 2.15 bits per heavy atom. The molecular formula is C17H22N6O3. The third-order valence-electron chi connectivity index (χ3n) is 4.38. The SMILES string of the molecule is COc1ccccc1Nc1nc(N2CCC[C@@H](C)C2)nc(N)c1[N+](=O)[O-]. The maximum absolute atomic E-state index is 11.5. The molecule has 0 unspecified atom stereocenters. The van der Waals surface area contributed by atoms with E-state index in [-0.39, 0.29) is 17.3 Å². The van der Waals surface area contributed by atoms with Crippen molar-refractivity contribution in [2.75, 3.05) is 36.1 Å². The lowest BCUT2D eigenvalue weighted by atomic mass is 10.0. The zero-order valence-electron chi connectivity index (χ0n) is 14.8. The summed E-state index contributed by atoms with van der Waals surface area (Å²) in [6, 6.07) is 7.12. The van der Waals surface area contributed by atoms with Crippen molar-refractivity contribution >= 4 is 29.0 Å². The fraction of sp³-hybridized carbons (Fsp3) is 0.412. The fourth-order valence-corrected chi connectivity index (χ4v) is 3.12. The second-order valence-corrected chi connectivity index (χ2v) is 6.38. The van der Waals surface area contributed by atoms with Gasteiger partial charge in [0.1, 0.15) is 5.75 Å². The first-order valence-electron chi connectivity index (χ1n) is 8.46. The lowest BCUT2D eigenvalue weighted by Gasteiger charge is -2.31. The Labute approximate surface area is 151 Å². The van der Waals surface area contributed by atoms with E-state index in [2.05, 4.69) is 22.2 Å². The van der Waals surface area contributed by atoms with Gasteiger partial charge < -0.3 is 20.7 Å². The first-order valence-corrected chi connectivity index (χ1v) is 8.46. The molecule has 9 nitrogen and oxygen atoms in total. The number of nitrogens with two attached hydrogens (primary N) is 1. The highest BCUT2D eigenvalue weighted by molar-refractivity contribution is 5.76. The molecule has 1 fully saturated rings. The zero-order chi connectivity index (χ0) is 18.7. The monoisotopic (exact) mass is 358 g/mol. The number of piperidine rings is 1. The molecule has 2 aromatic rings. The third-order valence-corrected chi connectivity index (χ3v) is 4.38. The van der Waals surface area contributed by atoms with Crippen LogP contribution in [0, 0.1) is 16.0 Å². The van der Waals surface area contributed by atoms with Crippen molar-refractivity contribution in [1.29, 1.82) is 0 Å². The standard InChI is InChI=1S/C17H22N6O3/c1-11-6-5-9-22(10-11)17-20-15(18)14(23(24)25)16(21-17)19-12-7-3-4-8-13(12)26-2/h3-4,7-8,11H,5-6,9-10H2,1-2H3,(H3,18,19,20,21)/t11-/m1/s1. The molecule has 0 aliphatic carbocycles. The molecule has 3 N–H and O–H groups in total. The molecule has 9 heteroatoms. The Kier molecular flexibility index (Phi) is 5.06. The van der Waals surface area contributed by atoms with Crippen molar-refractivity contribution in [1.82, 2.24) is 9.97 Å². The van der Waals surface area contributed by atoms with Crippen LogP contribution in [0.4, 0.5) is 29.0 Å². The number of methoxy groups -OCH3 is 1. The predicted octanol–water partition coefficient (Wildman–Crippen LogP) is 2.96. The van der Waals surface area contributed by atoms with Crippen LogP contribution < -0.4 is 20.7 Å². The summed E-state index contributed by atoms with van der Waals surface area (Å²) in [6.45, 7) is 3.76. The highest BCUT2D eigenvalue weighted by Gasteiger charge is 2.27. The van der Waals surface area contributed by atoms with Crippen molar-refractivity contribution in [3.05, 3.63) is 34.4 Å². The highest BCUT2D eigenvalue weighted by Crippen LogP contribution is 2.35. The molecule has 0 saturated carbocycles. The fourth-order valence-electron chi connectivity index (χ4n) is 3.12. The van der Waals surface area contributed by atoms with E-state index in [0.29, 0.717) is 23.3 Å². The minimum Gasteiger partial charge on any atom is -0.495 e. The van der Waals surface area contributed by atoms with Crippen molar-refractivity contribution in [3.8, 4) is 5.75 Å². The molecule has 0 bridgehead atoms. The number of nitrogens with zero attached hydrogens (tertiary/aromatic N) is 4. The molecule has 1 aliphatic rings. The summed E-state index contributed by atoms with van der Waals surface area (Å²) in [5, 5.41) is 14.5. The average Bonchev–Trinajstić information content (AvgIpc) is 2.61. The summed E-state index contributed by atoms with van der Waals surface area (Å²) in [5.74, 6) is 1.36. The van der Waals surface area contributed by atoms with Gasteiger partial charge in [-0.25, -0.2) is 0 Å². The van der Waals surface area contributed by atoms with Crippen LogP contribution in [0.5, 0.6) is 5.75 Å². The van der Waals surface area contributed by atoms with Crippen molar-refractivity contribution in [3.63, 3.8) is 0 Å². The Morgan fingerprint density at radius 1 is 1.38 bits per heavy atom. The van der Waals surface area contributed by atoms with Gasteiger partial charge in [0.25, 0.3) is 0 Å². The molecule has 1 atom stereocenters. The van der Waals surface area contributed by atoms with Crippen LogP contribution >= 0.6 is 0 Å². The number of para-hydroxylation sites is 2. The molecule has 1 aliphatic heterocycles. The van der Waals surface area contributed by atoms with Gasteiger partial charge in [-0.05, 0) is 30.9 Å². The van der Waals surface area contributed by atoms with E-state index >= 15 is 0 Å². The van der Waals surface area contributed by atoms with E-state index in [0.717, 1.165) is 25.9 Å². The van der Waals surface area contributed by atoms with Gasteiger partial charge in [-0.15, -0.1) is 0 Å². The van der Waals surface area contributed by atoms with E-state index in [1.165, 1.54) is 7.11 Å². The smallest absolute Gasteiger partial charge is 0.353 e. The maximum atomic E-state index is 11.5. The van der Waals surface area contributed by atoms with E-state index in [9.17, 15) is 10.1 Å². The van der Waals surface area contributed by atoms with E-state index in [4.69, 9.17) is 10.5 Å². The van der Waals surface area contributed by atoms with Crippen molar-refractivity contribution in [2.45, 2.75) is 19.8 Å². The predicted molar refractivity (Wildman–Crippen MR) is 100.0 cm³/mol. The zero-order valence-corrected chi connectivity index (χ0v) is 14.8. The van der Waals surface area contributed by atoms with Crippen LogP contribution in [0.3, 0.4) is 0 Å². The number of hydrogen-bond donors (Lipinski definition) is 2. The van der Waals surface area contributed by atoms with Crippen LogP contribution in [0.1, 0.15) is 19.8 Å². The van der Waals surface area contributed by atoms with Gasteiger partial charge in [0.15, 0.2) is 0 Å². The van der Waals surface area contributed by atoms with Crippen LogP contribution in [0.25, 0.3) is 0 Å². The first kappa shape index (κ1) is 17.7. The number of nitrogens with one attached hydrogen (secondary N) is 1. The molecule has 0 radical (unpaired) electrons. The summed E-state index contributed by atoms with van der Waals surface area (Å²) >= 11 is 0. The summed E-state index contributed by atoms with van der Waals surface area (Å²) in [5.41, 5.74) is 6.12. The summed E-state index contributed by atoms with van der Waals surface area (Å²) in [6.07, 6.45) is 2.17. The molecule has 3 rings (SSSR count). The normalized spacial score (nSPS) is 17.0. The maximum Gasteiger partial charge on any atom is 0.353 e. The van der Waals surface area contributed by atoms with Crippen LogP contribution in [-0.2, 0) is 0 Å². The molecule has 2 heterocycles. The van der Waals surface area contributed by atoms with Crippen LogP contribution in [-0.4, -0.2) is 35.1 Å². The van der Waals surface area contributed by atoms with E-state index in [1.54, 1.807) is 18.2 Å². The number of ether oxygens (including phenoxy) is 1. The Bertz CT molecular complexity index is 813. The molecule has 1 saturated heterocycles. The van der Waals surface area contributed by atoms with E-state index in [1.807, 2.05) is 11.0 Å². The Morgan fingerprint density at radius 3 is 2.85 bits per heavy atom. The second-order valence-electron chi connectivity index (χ2n) is 6.38. The van der Waals surface area contributed by atoms with E-state index < -0.39 is 4.92 Å². The Hall–Kier alpha value is -3.10. The van der Waals surface area contributed by atoms with Gasteiger partial charge in [-0.3, -0.25) is 10.1 Å². The number of anilines is 4.